The predicted octanol–water partition coefficient (Wildman–Crippen LogP) is 3.12. The third-order valence-electron chi connectivity index (χ3n) is 3.53. The van der Waals surface area contributed by atoms with Crippen molar-refractivity contribution in [2.75, 3.05) is 0 Å². The van der Waals surface area contributed by atoms with E-state index in [0.717, 1.165) is 11.1 Å². The second-order valence-electron chi connectivity index (χ2n) is 5.43. The van der Waals surface area contributed by atoms with E-state index in [1.54, 1.807) is 0 Å². The van der Waals surface area contributed by atoms with E-state index in [1.165, 1.54) is 0 Å². The number of nitrogens with two attached hydrogens (primary N) is 1. The van der Waals surface area contributed by atoms with Gasteiger partial charge in [0.15, 0.2) is 0 Å². The molecule has 3 nitrogen and oxygen atoms in total. The molecule has 0 aliphatic carbocycles. The lowest BCUT2D eigenvalue weighted by Crippen LogP contribution is -2.42. The van der Waals surface area contributed by atoms with E-state index in [4.69, 9.17) is 5.73 Å². The fraction of sp³-hybridized carbons (Fsp3) is 0.278. The van der Waals surface area contributed by atoms with Crippen molar-refractivity contribution in [3.05, 3.63) is 71.8 Å². The standard InChI is InChI=1S/C18H22N2O/c1-14(2)20(13-15-9-5-3-6-10-15)18(21)17(19)16-11-7-4-8-12-16/h3-12,14,17H,13,19H2,1-2H3/t17-/m1/s1. The smallest absolute Gasteiger partial charge is 0.244 e. The molecule has 21 heavy (non-hydrogen) atoms. The molecule has 0 heterocycles. The Kier molecular flexibility index (Phi) is 5.12. The van der Waals surface area contributed by atoms with Crippen LogP contribution in [0.25, 0.3) is 0 Å². The summed E-state index contributed by atoms with van der Waals surface area (Å²) in [4.78, 5) is 14.5. The van der Waals surface area contributed by atoms with Gasteiger partial charge < -0.3 is 10.6 Å². The molecule has 1 amide bonds. The molecule has 2 aromatic rings. The van der Waals surface area contributed by atoms with Crippen molar-refractivity contribution >= 4 is 5.91 Å². The highest BCUT2D eigenvalue weighted by atomic mass is 16.2. The number of benzene rings is 2. The maximum Gasteiger partial charge on any atom is 0.244 e. The van der Waals surface area contributed by atoms with Crippen molar-refractivity contribution in [3.8, 4) is 0 Å². The number of hydrogen-bond acceptors (Lipinski definition) is 2. The molecule has 2 aromatic carbocycles. The van der Waals surface area contributed by atoms with Gasteiger partial charge in [0.1, 0.15) is 6.04 Å². The molecule has 0 saturated heterocycles. The summed E-state index contributed by atoms with van der Waals surface area (Å²) in [5.74, 6) is -0.0416. The van der Waals surface area contributed by atoms with E-state index in [9.17, 15) is 4.79 Å². The Morgan fingerprint density at radius 1 is 1.00 bits per heavy atom. The average molecular weight is 282 g/mol. The summed E-state index contributed by atoms with van der Waals surface area (Å²) in [7, 11) is 0. The van der Waals surface area contributed by atoms with E-state index < -0.39 is 6.04 Å². The zero-order chi connectivity index (χ0) is 15.2. The number of carbonyl (C=O) groups is 1. The lowest BCUT2D eigenvalue weighted by molar-refractivity contribution is -0.135. The minimum absolute atomic E-state index is 0.0416. The van der Waals surface area contributed by atoms with Crippen molar-refractivity contribution in [1.82, 2.24) is 4.90 Å². The van der Waals surface area contributed by atoms with Gasteiger partial charge in [-0.3, -0.25) is 4.79 Å². The Morgan fingerprint density at radius 3 is 2.05 bits per heavy atom. The molecule has 1 atom stereocenters. The van der Waals surface area contributed by atoms with Crippen LogP contribution in [0.3, 0.4) is 0 Å². The minimum Gasteiger partial charge on any atom is -0.334 e. The molecule has 2 N–H and O–H groups in total. The van der Waals surface area contributed by atoms with E-state index in [1.807, 2.05) is 79.4 Å². The molecule has 0 aromatic heterocycles. The summed E-state index contributed by atoms with van der Waals surface area (Å²) >= 11 is 0. The third kappa shape index (κ3) is 3.92. The number of amides is 1. The summed E-state index contributed by atoms with van der Waals surface area (Å²) < 4.78 is 0. The first-order valence-corrected chi connectivity index (χ1v) is 7.24. The number of nitrogens with zero attached hydrogens (tertiary/aromatic N) is 1. The highest BCUT2D eigenvalue weighted by Crippen LogP contribution is 2.17. The number of hydrogen-bond donors (Lipinski definition) is 1. The molecule has 0 fully saturated rings. The van der Waals surface area contributed by atoms with Crippen LogP contribution in [-0.4, -0.2) is 16.8 Å². The molecule has 0 bridgehead atoms. The molecule has 3 heteroatoms. The SMILES string of the molecule is CC(C)N(Cc1ccccc1)C(=O)[C@H](N)c1ccccc1. The van der Waals surface area contributed by atoms with Crippen LogP contribution in [-0.2, 0) is 11.3 Å². The van der Waals surface area contributed by atoms with Crippen molar-refractivity contribution in [1.29, 1.82) is 0 Å². The van der Waals surface area contributed by atoms with Crippen molar-refractivity contribution in [2.24, 2.45) is 5.73 Å². The van der Waals surface area contributed by atoms with Gasteiger partial charge in [-0.25, -0.2) is 0 Å². The molecule has 110 valence electrons. The number of rotatable bonds is 5. The van der Waals surface area contributed by atoms with Gasteiger partial charge in [-0.05, 0) is 25.0 Å². The van der Waals surface area contributed by atoms with Gasteiger partial charge in [0.25, 0.3) is 0 Å². The number of carbonyl (C=O) groups excluding carboxylic acids is 1. The van der Waals surface area contributed by atoms with E-state index >= 15 is 0 Å². The van der Waals surface area contributed by atoms with Gasteiger partial charge in [-0.15, -0.1) is 0 Å². The first-order valence-electron chi connectivity index (χ1n) is 7.24. The fourth-order valence-electron chi connectivity index (χ4n) is 2.28. The normalized spacial score (nSPS) is 12.2. The average Bonchev–Trinajstić information content (AvgIpc) is 2.53. The topological polar surface area (TPSA) is 46.3 Å². The lowest BCUT2D eigenvalue weighted by Gasteiger charge is -2.29. The zero-order valence-corrected chi connectivity index (χ0v) is 12.6. The highest BCUT2D eigenvalue weighted by molar-refractivity contribution is 5.83. The van der Waals surface area contributed by atoms with Crippen LogP contribution in [0.2, 0.25) is 0 Å². The highest BCUT2D eigenvalue weighted by Gasteiger charge is 2.24. The molecule has 0 aliphatic heterocycles. The Labute approximate surface area is 126 Å². The van der Waals surface area contributed by atoms with Crippen LogP contribution >= 0.6 is 0 Å². The first-order chi connectivity index (χ1) is 10.1. The van der Waals surface area contributed by atoms with Gasteiger partial charge in [0.2, 0.25) is 5.91 Å². The quantitative estimate of drug-likeness (QED) is 0.916. The van der Waals surface area contributed by atoms with E-state index in [0.29, 0.717) is 6.54 Å². The van der Waals surface area contributed by atoms with Gasteiger partial charge >= 0.3 is 0 Å². The van der Waals surface area contributed by atoms with Gasteiger partial charge in [-0.2, -0.15) is 0 Å². The Bertz CT molecular complexity index is 566. The van der Waals surface area contributed by atoms with E-state index in [2.05, 4.69) is 0 Å². The summed E-state index contributed by atoms with van der Waals surface area (Å²) in [6.45, 7) is 4.61. The molecule has 0 spiro atoms. The molecule has 0 radical (unpaired) electrons. The molecule has 0 unspecified atom stereocenters. The van der Waals surface area contributed by atoms with Crippen molar-refractivity contribution < 1.29 is 4.79 Å². The monoisotopic (exact) mass is 282 g/mol. The Hall–Kier alpha value is -2.13. The first kappa shape index (κ1) is 15.3. The summed E-state index contributed by atoms with van der Waals surface area (Å²) in [6, 6.07) is 19.0. The van der Waals surface area contributed by atoms with Crippen molar-refractivity contribution in [3.63, 3.8) is 0 Å². The van der Waals surface area contributed by atoms with Crippen LogP contribution in [0.5, 0.6) is 0 Å². The molecule has 0 saturated carbocycles. The maximum atomic E-state index is 12.7. The van der Waals surface area contributed by atoms with Crippen molar-refractivity contribution in [2.45, 2.75) is 32.5 Å². The van der Waals surface area contributed by atoms with Crippen LogP contribution < -0.4 is 5.73 Å². The second-order valence-corrected chi connectivity index (χ2v) is 5.43. The molecular formula is C18H22N2O. The Balaban J connectivity index is 2.16. The Morgan fingerprint density at radius 2 is 1.52 bits per heavy atom. The second kappa shape index (κ2) is 7.04. The van der Waals surface area contributed by atoms with Crippen LogP contribution in [0.1, 0.15) is 31.0 Å². The summed E-state index contributed by atoms with van der Waals surface area (Å²) in [5.41, 5.74) is 8.10. The van der Waals surface area contributed by atoms with Gasteiger partial charge in [-0.1, -0.05) is 60.7 Å². The molecule has 2 rings (SSSR count). The van der Waals surface area contributed by atoms with Crippen LogP contribution in [0.4, 0.5) is 0 Å². The minimum atomic E-state index is -0.614. The summed E-state index contributed by atoms with van der Waals surface area (Å²) in [5, 5.41) is 0. The largest absolute Gasteiger partial charge is 0.334 e. The predicted molar refractivity (Wildman–Crippen MR) is 85.5 cm³/mol. The molecular weight excluding hydrogens is 260 g/mol. The summed E-state index contributed by atoms with van der Waals surface area (Å²) in [6.07, 6.45) is 0. The van der Waals surface area contributed by atoms with Gasteiger partial charge in [0, 0.05) is 12.6 Å². The molecule has 0 aliphatic rings. The van der Waals surface area contributed by atoms with E-state index in [-0.39, 0.29) is 11.9 Å². The maximum absolute atomic E-state index is 12.7. The van der Waals surface area contributed by atoms with Crippen LogP contribution in [0.15, 0.2) is 60.7 Å². The lowest BCUT2D eigenvalue weighted by atomic mass is 10.1. The third-order valence-corrected chi connectivity index (χ3v) is 3.53. The van der Waals surface area contributed by atoms with Gasteiger partial charge in [0.05, 0.1) is 0 Å². The fourth-order valence-corrected chi connectivity index (χ4v) is 2.28. The zero-order valence-electron chi connectivity index (χ0n) is 12.6. The van der Waals surface area contributed by atoms with Crippen LogP contribution in [0, 0.1) is 0 Å².